The molecule has 53 valence electrons. The van der Waals surface area contributed by atoms with Crippen molar-refractivity contribution in [2.24, 2.45) is 0 Å². The van der Waals surface area contributed by atoms with Crippen LogP contribution in [0.4, 0.5) is 0 Å². The first-order valence-electron chi connectivity index (χ1n) is 3.13. The molecule has 10 heavy (non-hydrogen) atoms. The monoisotopic (exact) mass is 171 g/mol. The summed E-state index contributed by atoms with van der Waals surface area (Å²) in [6, 6.07) is 8.67. The summed E-state index contributed by atoms with van der Waals surface area (Å²) in [5, 5.41) is 0.693. The summed E-state index contributed by atoms with van der Waals surface area (Å²) in [6.07, 6.45) is 0. The molecule has 0 unspecified atom stereocenters. The van der Waals surface area contributed by atoms with Crippen molar-refractivity contribution in [3.05, 3.63) is 29.3 Å². The van der Waals surface area contributed by atoms with Crippen molar-refractivity contribution >= 4 is 23.4 Å². The van der Waals surface area contributed by atoms with Gasteiger partial charge < -0.3 is 0 Å². The van der Waals surface area contributed by atoms with E-state index in [4.69, 9.17) is 11.6 Å². The van der Waals surface area contributed by atoms with Crippen molar-refractivity contribution < 1.29 is 0 Å². The highest BCUT2D eigenvalue weighted by atomic mass is 35.5. The molecule has 0 bridgehead atoms. The van der Waals surface area contributed by atoms with E-state index in [1.165, 1.54) is 4.90 Å². The van der Waals surface area contributed by atoms with Crippen LogP contribution in [0.1, 0.15) is 6.92 Å². The van der Waals surface area contributed by atoms with Crippen molar-refractivity contribution in [1.29, 1.82) is 0 Å². The van der Waals surface area contributed by atoms with E-state index in [2.05, 4.69) is 13.0 Å². The fourth-order valence-electron chi connectivity index (χ4n) is 0.675. The molecular formula is C8H8ClS. The molecule has 0 aliphatic carbocycles. The molecule has 0 saturated heterocycles. The summed E-state index contributed by atoms with van der Waals surface area (Å²) < 4.78 is 0. The second-order valence-electron chi connectivity index (χ2n) is 1.81. The normalized spacial score (nSPS) is 9.80. The van der Waals surface area contributed by atoms with E-state index >= 15 is 0 Å². The van der Waals surface area contributed by atoms with Crippen molar-refractivity contribution in [3.8, 4) is 0 Å². The molecule has 0 aliphatic heterocycles. The van der Waals surface area contributed by atoms with Crippen LogP contribution in [-0.4, -0.2) is 5.75 Å². The minimum absolute atomic E-state index is 0.693. The zero-order chi connectivity index (χ0) is 7.40. The van der Waals surface area contributed by atoms with Crippen LogP contribution < -0.4 is 0 Å². The first-order chi connectivity index (χ1) is 4.83. The van der Waals surface area contributed by atoms with Crippen LogP contribution in [0.5, 0.6) is 0 Å². The quantitative estimate of drug-likeness (QED) is 0.616. The van der Waals surface area contributed by atoms with Gasteiger partial charge in [0.05, 0.1) is 0 Å². The van der Waals surface area contributed by atoms with E-state index in [1.807, 2.05) is 18.2 Å². The lowest BCUT2D eigenvalue weighted by atomic mass is 10.4. The average molecular weight is 172 g/mol. The van der Waals surface area contributed by atoms with E-state index in [0.717, 1.165) is 5.75 Å². The summed E-state index contributed by atoms with van der Waals surface area (Å²) in [5.41, 5.74) is 0. The van der Waals surface area contributed by atoms with E-state index < -0.39 is 0 Å². The number of thioether (sulfide) groups is 1. The van der Waals surface area contributed by atoms with Crippen LogP contribution in [-0.2, 0) is 0 Å². The van der Waals surface area contributed by atoms with Gasteiger partial charge in [-0.1, -0.05) is 24.6 Å². The van der Waals surface area contributed by atoms with Gasteiger partial charge in [-0.2, -0.15) is 0 Å². The molecule has 1 radical (unpaired) electrons. The fraction of sp³-hybridized carbons (Fsp3) is 0.250. The van der Waals surface area contributed by atoms with Crippen molar-refractivity contribution in [3.63, 3.8) is 0 Å². The minimum atomic E-state index is 0.693. The lowest BCUT2D eigenvalue weighted by molar-refractivity contribution is 1.42. The lowest BCUT2D eigenvalue weighted by Gasteiger charge is -1.96. The minimum Gasteiger partial charge on any atom is -0.126 e. The summed E-state index contributed by atoms with van der Waals surface area (Å²) in [4.78, 5) is 1.21. The van der Waals surface area contributed by atoms with Crippen LogP contribution in [0.15, 0.2) is 23.1 Å². The zero-order valence-electron chi connectivity index (χ0n) is 5.73. The van der Waals surface area contributed by atoms with Crippen LogP contribution in [0.3, 0.4) is 0 Å². The van der Waals surface area contributed by atoms with Crippen LogP contribution in [0.2, 0.25) is 5.02 Å². The van der Waals surface area contributed by atoms with Gasteiger partial charge in [0.25, 0.3) is 0 Å². The fourth-order valence-corrected chi connectivity index (χ4v) is 1.62. The molecule has 0 spiro atoms. The number of halogens is 1. The summed E-state index contributed by atoms with van der Waals surface area (Å²) in [5.74, 6) is 1.08. The Kier molecular flexibility index (Phi) is 3.10. The first-order valence-corrected chi connectivity index (χ1v) is 4.49. The third-order valence-electron chi connectivity index (χ3n) is 1.05. The van der Waals surface area contributed by atoms with Crippen molar-refractivity contribution in [2.75, 3.05) is 5.75 Å². The molecule has 0 N–H and O–H groups in total. The molecule has 0 heterocycles. The molecule has 0 aromatic heterocycles. The maximum atomic E-state index is 5.71. The number of rotatable bonds is 2. The van der Waals surface area contributed by atoms with Gasteiger partial charge in [0.15, 0.2) is 0 Å². The van der Waals surface area contributed by atoms with Gasteiger partial charge in [-0.25, -0.2) is 0 Å². The Hall–Kier alpha value is -0.140. The van der Waals surface area contributed by atoms with Crippen LogP contribution >= 0.6 is 23.4 Å². The lowest BCUT2D eigenvalue weighted by Crippen LogP contribution is -1.71. The molecule has 0 aliphatic rings. The predicted octanol–water partition coefficient (Wildman–Crippen LogP) is 3.25. The van der Waals surface area contributed by atoms with E-state index in [1.54, 1.807) is 11.8 Å². The van der Waals surface area contributed by atoms with E-state index in [-0.39, 0.29) is 0 Å². The molecule has 0 fully saturated rings. The predicted molar refractivity (Wildman–Crippen MR) is 46.7 cm³/mol. The number of benzene rings is 1. The SMILES string of the molecule is CCSc1cc[c]c(Cl)c1. The van der Waals surface area contributed by atoms with Crippen molar-refractivity contribution in [2.45, 2.75) is 11.8 Å². The Morgan fingerprint density at radius 2 is 2.50 bits per heavy atom. The molecule has 0 atom stereocenters. The summed E-state index contributed by atoms with van der Waals surface area (Å²) >= 11 is 7.50. The van der Waals surface area contributed by atoms with Gasteiger partial charge in [0.1, 0.15) is 0 Å². The molecule has 0 saturated carbocycles. The summed E-state index contributed by atoms with van der Waals surface area (Å²) in [6.45, 7) is 2.12. The van der Waals surface area contributed by atoms with Gasteiger partial charge in [0, 0.05) is 16.0 Å². The standard InChI is InChI=1S/C8H8ClS/c1-2-10-8-5-3-4-7(9)6-8/h3,5-6H,2H2,1H3. The zero-order valence-corrected chi connectivity index (χ0v) is 7.30. The molecule has 2 heteroatoms. The molecule has 0 nitrogen and oxygen atoms in total. The molecule has 1 aromatic carbocycles. The second kappa shape index (κ2) is 3.89. The maximum Gasteiger partial charge on any atom is 0.0496 e. The average Bonchev–Trinajstić information content (AvgIpc) is 1.88. The Morgan fingerprint density at radius 1 is 1.70 bits per heavy atom. The smallest absolute Gasteiger partial charge is 0.0496 e. The maximum absolute atomic E-state index is 5.71. The van der Waals surface area contributed by atoms with E-state index in [9.17, 15) is 0 Å². The third-order valence-corrected chi connectivity index (χ3v) is 2.14. The van der Waals surface area contributed by atoms with Gasteiger partial charge in [-0.15, -0.1) is 11.8 Å². The highest BCUT2D eigenvalue weighted by Crippen LogP contribution is 2.20. The second-order valence-corrected chi connectivity index (χ2v) is 3.55. The Bertz CT molecular complexity index is 210. The molecule has 1 aromatic rings. The van der Waals surface area contributed by atoms with Gasteiger partial charge >= 0.3 is 0 Å². The summed E-state index contributed by atoms with van der Waals surface area (Å²) in [7, 11) is 0. The van der Waals surface area contributed by atoms with Crippen molar-refractivity contribution in [1.82, 2.24) is 0 Å². The van der Waals surface area contributed by atoms with E-state index in [0.29, 0.717) is 5.02 Å². The topological polar surface area (TPSA) is 0 Å². The van der Waals surface area contributed by atoms with Crippen LogP contribution in [0, 0.1) is 6.07 Å². The largest absolute Gasteiger partial charge is 0.126 e. The first kappa shape index (κ1) is 7.96. The van der Waals surface area contributed by atoms with Gasteiger partial charge in [0.2, 0.25) is 0 Å². The highest BCUT2D eigenvalue weighted by molar-refractivity contribution is 7.99. The Labute approximate surface area is 70.6 Å². The third kappa shape index (κ3) is 2.24. The van der Waals surface area contributed by atoms with Crippen LogP contribution in [0.25, 0.3) is 0 Å². The molecule has 0 amide bonds. The van der Waals surface area contributed by atoms with Gasteiger partial charge in [-0.05, 0) is 17.9 Å². The Morgan fingerprint density at radius 3 is 3.10 bits per heavy atom. The highest BCUT2D eigenvalue weighted by Gasteiger charge is 1.91. The molecular weight excluding hydrogens is 164 g/mol. The molecule has 1 rings (SSSR count). The van der Waals surface area contributed by atoms with Gasteiger partial charge in [-0.3, -0.25) is 0 Å². The number of hydrogen-bond acceptors (Lipinski definition) is 1. The Balaban J connectivity index is 2.75. The number of hydrogen-bond donors (Lipinski definition) is 0.